The van der Waals surface area contributed by atoms with Crippen LogP contribution >= 0.6 is 11.6 Å². The highest BCUT2D eigenvalue weighted by Crippen LogP contribution is 2.35. The lowest BCUT2D eigenvalue weighted by molar-refractivity contribution is 0.626. The van der Waals surface area contributed by atoms with Crippen molar-refractivity contribution in [3.05, 3.63) is 101 Å². The minimum absolute atomic E-state index is 0.259. The number of aromatic nitrogens is 5. The quantitative estimate of drug-likeness (QED) is 0.304. The van der Waals surface area contributed by atoms with E-state index in [0.29, 0.717) is 50.7 Å². The number of fused-ring (bicyclic) bond motifs is 1. The highest BCUT2D eigenvalue weighted by Gasteiger charge is 2.20. The number of nitrogens with zero attached hydrogens (tertiary/aromatic N) is 6. The Morgan fingerprint density at radius 2 is 2.06 bits per heavy atom. The summed E-state index contributed by atoms with van der Waals surface area (Å²) in [7, 11) is 0. The number of pyridine rings is 2. The fourth-order valence-electron chi connectivity index (χ4n) is 3.82. The lowest BCUT2D eigenvalue weighted by atomic mass is 10.0. The van der Waals surface area contributed by atoms with Crippen molar-refractivity contribution in [3.8, 4) is 11.8 Å². The van der Waals surface area contributed by atoms with Crippen LogP contribution in [-0.4, -0.2) is 31.5 Å². The monoisotopic (exact) mass is 499 g/mol. The van der Waals surface area contributed by atoms with Gasteiger partial charge in [0.2, 0.25) is 0 Å². The molecule has 0 bridgehead atoms. The van der Waals surface area contributed by atoms with E-state index in [1.54, 1.807) is 36.8 Å². The molecule has 0 fully saturated rings. The summed E-state index contributed by atoms with van der Waals surface area (Å²) in [4.78, 5) is 8.45. The van der Waals surface area contributed by atoms with Gasteiger partial charge in [0.1, 0.15) is 17.6 Å². The first-order valence-corrected chi connectivity index (χ1v) is 11.4. The normalized spacial score (nSPS) is 13.0. The third kappa shape index (κ3) is 4.54. The van der Waals surface area contributed by atoms with Gasteiger partial charge in [-0.25, -0.2) is 9.07 Å². The van der Waals surface area contributed by atoms with Gasteiger partial charge in [-0.3, -0.25) is 9.97 Å². The fraction of sp³-hybridized carbons (Fsp3) is 0.115. The van der Waals surface area contributed by atoms with E-state index in [0.717, 1.165) is 0 Å². The largest absolute Gasteiger partial charge is 0.384 e. The molecule has 3 heterocycles. The molecule has 0 unspecified atom stereocenters. The summed E-state index contributed by atoms with van der Waals surface area (Å²) in [6, 6.07) is 13.1. The van der Waals surface area contributed by atoms with E-state index in [4.69, 9.17) is 11.6 Å². The Hall–Kier alpha value is -4.55. The number of halogens is 2. The molecule has 10 heteroatoms. The molecule has 3 aromatic heterocycles. The number of benzene rings is 2. The number of hydrogen-bond donors (Lipinski definition) is 2. The maximum Gasteiger partial charge on any atom is 0.123 e. The molecule has 5 aromatic rings. The average molecular weight is 500 g/mol. The number of nitrogens with one attached hydrogen (secondary N) is 2. The van der Waals surface area contributed by atoms with Crippen molar-refractivity contribution in [2.45, 2.75) is 12.9 Å². The molecule has 8 nitrogen and oxygen atoms in total. The molecular weight excluding hydrogens is 479 g/mol. The number of rotatable bonds is 7. The minimum Gasteiger partial charge on any atom is -0.384 e. The van der Waals surface area contributed by atoms with E-state index in [1.165, 1.54) is 35.1 Å². The molecule has 0 amide bonds. The van der Waals surface area contributed by atoms with E-state index >= 15 is 0 Å². The molecule has 0 aliphatic heterocycles. The standard InChI is InChI=1S/C26H20ClFN8/c1-2-31-24-17(12-29)13-32-26-21(24)10-19(11-22(26)27)33-25(16-5-7-18(28)8-6-16)23-15-36(35-34-23)20-4-3-9-30-14-20/h3-11,13-15,25,33H,2H2,1H3,(H,31,32)/t25-/m1/s1/i25D. The van der Waals surface area contributed by atoms with Crippen LogP contribution in [0.15, 0.2) is 73.3 Å². The first-order valence-electron chi connectivity index (χ1n) is 11.6. The molecule has 0 saturated carbocycles. The van der Waals surface area contributed by atoms with Gasteiger partial charge >= 0.3 is 0 Å². The summed E-state index contributed by atoms with van der Waals surface area (Å²) in [6.45, 7) is 2.50. The van der Waals surface area contributed by atoms with Crippen LogP contribution < -0.4 is 10.6 Å². The summed E-state index contributed by atoms with van der Waals surface area (Å²) in [6.07, 6.45) is 6.36. The Morgan fingerprint density at radius 1 is 1.22 bits per heavy atom. The molecule has 5 rings (SSSR count). The van der Waals surface area contributed by atoms with Crippen LogP contribution in [-0.2, 0) is 0 Å². The average Bonchev–Trinajstić information content (AvgIpc) is 3.41. The van der Waals surface area contributed by atoms with Crippen LogP contribution in [0.3, 0.4) is 0 Å². The summed E-state index contributed by atoms with van der Waals surface area (Å²) in [5.41, 5.74) is 3.32. The van der Waals surface area contributed by atoms with E-state index in [1.807, 2.05) is 13.0 Å². The first kappa shape index (κ1) is 21.9. The van der Waals surface area contributed by atoms with Gasteiger partial charge < -0.3 is 10.6 Å². The van der Waals surface area contributed by atoms with Gasteiger partial charge in [0, 0.05) is 30.0 Å². The van der Waals surface area contributed by atoms with Gasteiger partial charge in [0.25, 0.3) is 0 Å². The Balaban J connectivity index is 1.65. The Morgan fingerprint density at radius 3 is 2.78 bits per heavy atom. The molecule has 2 aromatic carbocycles. The molecule has 0 radical (unpaired) electrons. The van der Waals surface area contributed by atoms with Crippen molar-refractivity contribution in [2.24, 2.45) is 0 Å². The topological polar surface area (TPSA) is 104 Å². The van der Waals surface area contributed by atoms with Crippen LogP contribution in [0.5, 0.6) is 0 Å². The summed E-state index contributed by atoms with van der Waals surface area (Å²) < 4.78 is 24.8. The van der Waals surface area contributed by atoms with Gasteiger partial charge in [-0.2, -0.15) is 5.26 Å². The smallest absolute Gasteiger partial charge is 0.123 e. The van der Waals surface area contributed by atoms with Crippen molar-refractivity contribution in [2.75, 3.05) is 17.2 Å². The van der Waals surface area contributed by atoms with Crippen molar-refractivity contribution >= 4 is 33.9 Å². The molecule has 178 valence electrons. The SMILES string of the molecule is [2H][C@@](Nc1cc(Cl)c2ncc(C#N)c(NCC)c2c1)(c1ccc(F)cc1)c1cn(-c2cccnc2)nn1. The van der Waals surface area contributed by atoms with Crippen molar-refractivity contribution in [1.82, 2.24) is 25.0 Å². The molecule has 36 heavy (non-hydrogen) atoms. The molecule has 0 spiro atoms. The van der Waals surface area contributed by atoms with Crippen LogP contribution in [0, 0.1) is 17.1 Å². The molecule has 0 aliphatic rings. The van der Waals surface area contributed by atoms with Gasteiger partial charge in [0.05, 0.1) is 47.3 Å². The molecule has 0 aliphatic carbocycles. The maximum absolute atomic E-state index is 13.8. The Labute approximate surface area is 212 Å². The van der Waals surface area contributed by atoms with Crippen LogP contribution in [0.1, 0.15) is 31.1 Å². The third-order valence-corrected chi connectivity index (χ3v) is 5.75. The lowest BCUT2D eigenvalue weighted by Crippen LogP contribution is -2.13. The summed E-state index contributed by atoms with van der Waals surface area (Å²) in [5.74, 6) is -0.427. The van der Waals surface area contributed by atoms with E-state index in [-0.39, 0.29) is 5.69 Å². The van der Waals surface area contributed by atoms with E-state index in [9.17, 15) is 11.0 Å². The second-order valence-electron chi connectivity index (χ2n) is 7.81. The molecular formula is C26H20ClFN8. The predicted octanol–water partition coefficient (Wildman–Crippen LogP) is 5.51. The Kier molecular flexibility index (Phi) is 6.08. The van der Waals surface area contributed by atoms with Crippen LogP contribution in [0.25, 0.3) is 16.6 Å². The van der Waals surface area contributed by atoms with E-state index in [2.05, 4.69) is 37.0 Å². The lowest BCUT2D eigenvalue weighted by Gasteiger charge is -2.20. The second-order valence-corrected chi connectivity index (χ2v) is 8.22. The fourth-order valence-corrected chi connectivity index (χ4v) is 4.09. The maximum atomic E-state index is 13.8. The Bertz CT molecular complexity index is 1620. The molecule has 0 saturated heterocycles. The van der Waals surface area contributed by atoms with Gasteiger partial charge in [-0.05, 0) is 48.9 Å². The predicted molar refractivity (Wildman–Crippen MR) is 137 cm³/mol. The highest BCUT2D eigenvalue weighted by molar-refractivity contribution is 6.35. The number of anilines is 2. The zero-order valence-electron chi connectivity index (χ0n) is 20.1. The van der Waals surface area contributed by atoms with Crippen molar-refractivity contribution < 1.29 is 5.76 Å². The first-order chi connectivity index (χ1) is 17.9. The van der Waals surface area contributed by atoms with Crippen LogP contribution in [0.2, 0.25) is 5.02 Å². The summed E-state index contributed by atoms with van der Waals surface area (Å²) >= 11 is 6.59. The zero-order chi connectivity index (χ0) is 26.0. The summed E-state index contributed by atoms with van der Waals surface area (Å²) in [5, 5.41) is 25.4. The molecule has 1 atom stereocenters. The number of nitriles is 1. The number of hydrogen-bond acceptors (Lipinski definition) is 7. The van der Waals surface area contributed by atoms with Crippen molar-refractivity contribution in [1.29, 1.82) is 5.26 Å². The van der Waals surface area contributed by atoms with Crippen LogP contribution in [0.4, 0.5) is 15.8 Å². The van der Waals surface area contributed by atoms with Crippen molar-refractivity contribution in [3.63, 3.8) is 0 Å². The van der Waals surface area contributed by atoms with Gasteiger partial charge in [-0.15, -0.1) is 5.10 Å². The zero-order valence-corrected chi connectivity index (χ0v) is 19.8. The van der Waals surface area contributed by atoms with Gasteiger partial charge in [-0.1, -0.05) is 28.9 Å². The molecule has 2 N–H and O–H groups in total. The van der Waals surface area contributed by atoms with E-state index < -0.39 is 11.8 Å². The van der Waals surface area contributed by atoms with Gasteiger partial charge in [0.15, 0.2) is 0 Å². The third-order valence-electron chi connectivity index (χ3n) is 5.46. The second kappa shape index (κ2) is 9.98. The highest BCUT2D eigenvalue weighted by atomic mass is 35.5. The minimum atomic E-state index is -1.68.